The third-order valence-corrected chi connectivity index (χ3v) is 5.02. The first-order valence-corrected chi connectivity index (χ1v) is 9.39. The Morgan fingerprint density at radius 2 is 1.73 bits per heavy atom. The van der Waals surface area contributed by atoms with E-state index in [9.17, 15) is 25.2 Å². The SMILES string of the molecule is COc1c(O)cc2oc(-c3ccc(O)c(CC[C@@H](C)CO)c3)c(OC)c(=O)c2c1O. The topological polar surface area (TPSA) is 130 Å². The summed E-state index contributed by atoms with van der Waals surface area (Å²) in [5.74, 6) is -1.05. The Balaban J connectivity index is 2.20. The fraction of sp³-hybridized carbons (Fsp3) is 0.318. The molecule has 0 bridgehead atoms. The van der Waals surface area contributed by atoms with Crippen LogP contribution >= 0.6 is 0 Å². The van der Waals surface area contributed by atoms with Crippen LogP contribution in [0.3, 0.4) is 0 Å². The van der Waals surface area contributed by atoms with Crippen molar-refractivity contribution < 1.29 is 34.3 Å². The van der Waals surface area contributed by atoms with Gasteiger partial charge in [0, 0.05) is 18.2 Å². The lowest BCUT2D eigenvalue weighted by atomic mass is 9.98. The molecule has 0 fully saturated rings. The van der Waals surface area contributed by atoms with E-state index in [1.54, 1.807) is 12.1 Å². The molecule has 8 nitrogen and oxygen atoms in total. The van der Waals surface area contributed by atoms with Crippen LogP contribution in [-0.4, -0.2) is 41.3 Å². The second-order valence-corrected chi connectivity index (χ2v) is 7.11. The van der Waals surface area contributed by atoms with Crippen LogP contribution in [0, 0.1) is 5.92 Å². The Labute approximate surface area is 172 Å². The minimum atomic E-state index is -0.631. The smallest absolute Gasteiger partial charge is 0.239 e. The van der Waals surface area contributed by atoms with Crippen molar-refractivity contribution in [2.45, 2.75) is 19.8 Å². The number of methoxy groups -OCH3 is 2. The molecule has 3 aromatic rings. The molecule has 2 aromatic carbocycles. The first-order valence-electron chi connectivity index (χ1n) is 9.39. The third kappa shape index (κ3) is 3.73. The van der Waals surface area contributed by atoms with Crippen molar-refractivity contribution in [1.29, 1.82) is 0 Å². The van der Waals surface area contributed by atoms with Crippen molar-refractivity contribution in [3.63, 3.8) is 0 Å². The van der Waals surface area contributed by atoms with Crippen LogP contribution in [0.1, 0.15) is 18.9 Å². The van der Waals surface area contributed by atoms with E-state index in [1.807, 2.05) is 6.92 Å². The second kappa shape index (κ2) is 8.54. The number of phenols is 3. The molecule has 0 aliphatic heterocycles. The molecule has 160 valence electrons. The number of aliphatic hydroxyl groups excluding tert-OH is 1. The highest BCUT2D eigenvalue weighted by molar-refractivity contribution is 5.91. The van der Waals surface area contributed by atoms with Gasteiger partial charge in [0.15, 0.2) is 17.3 Å². The Morgan fingerprint density at radius 1 is 1.03 bits per heavy atom. The summed E-state index contributed by atoms with van der Waals surface area (Å²) in [5, 5.41) is 39.6. The Morgan fingerprint density at radius 3 is 2.37 bits per heavy atom. The van der Waals surface area contributed by atoms with E-state index in [1.165, 1.54) is 26.4 Å². The van der Waals surface area contributed by atoms with Gasteiger partial charge in [0.25, 0.3) is 0 Å². The van der Waals surface area contributed by atoms with Crippen LogP contribution < -0.4 is 14.9 Å². The summed E-state index contributed by atoms with van der Waals surface area (Å²) >= 11 is 0. The maximum atomic E-state index is 13.0. The molecule has 30 heavy (non-hydrogen) atoms. The molecule has 0 saturated carbocycles. The van der Waals surface area contributed by atoms with Gasteiger partial charge in [-0.1, -0.05) is 6.92 Å². The largest absolute Gasteiger partial charge is 0.508 e. The molecule has 0 aliphatic carbocycles. The van der Waals surface area contributed by atoms with Crippen molar-refractivity contribution in [3.05, 3.63) is 40.1 Å². The molecule has 0 amide bonds. The summed E-state index contributed by atoms with van der Waals surface area (Å²) in [5.41, 5.74) is 0.423. The number of benzene rings is 2. The van der Waals surface area contributed by atoms with E-state index in [0.29, 0.717) is 24.0 Å². The van der Waals surface area contributed by atoms with E-state index >= 15 is 0 Å². The predicted molar refractivity (Wildman–Crippen MR) is 111 cm³/mol. The number of aliphatic hydroxyl groups is 1. The van der Waals surface area contributed by atoms with E-state index in [-0.39, 0.29) is 52.3 Å². The van der Waals surface area contributed by atoms with E-state index in [2.05, 4.69) is 0 Å². The van der Waals surface area contributed by atoms with Gasteiger partial charge in [0.1, 0.15) is 16.7 Å². The molecule has 4 N–H and O–H groups in total. The highest BCUT2D eigenvalue weighted by atomic mass is 16.5. The Hall–Kier alpha value is -3.39. The van der Waals surface area contributed by atoms with Crippen LogP contribution in [0.2, 0.25) is 0 Å². The van der Waals surface area contributed by atoms with Gasteiger partial charge in [-0.25, -0.2) is 0 Å². The summed E-state index contributed by atoms with van der Waals surface area (Å²) in [6, 6.07) is 5.92. The zero-order chi connectivity index (χ0) is 22.0. The number of fused-ring (bicyclic) bond motifs is 1. The van der Waals surface area contributed by atoms with Crippen LogP contribution in [0.25, 0.3) is 22.3 Å². The first-order chi connectivity index (χ1) is 14.3. The Bertz CT molecular complexity index is 1130. The molecule has 0 saturated heterocycles. The molecular formula is C22H24O8. The number of hydrogen-bond acceptors (Lipinski definition) is 8. The standard InChI is InChI=1S/C22H24O8/c1-11(10-23)4-5-12-8-13(6-7-14(12)24)20-22(29-3)19(27)17-16(30-20)9-15(25)21(28-2)18(17)26/h6-9,11,23-26H,4-5,10H2,1-3H3/t11-/m1/s1. The molecule has 0 unspecified atom stereocenters. The summed E-state index contributed by atoms with van der Waals surface area (Å²) in [6.45, 7) is 1.95. The molecule has 1 heterocycles. The van der Waals surface area contributed by atoms with Gasteiger partial charge in [-0.2, -0.15) is 0 Å². The zero-order valence-electron chi connectivity index (χ0n) is 16.9. The quantitative estimate of drug-likeness (QED) is 0.462. The van der Waals surface area contributed by atoms with Crippen molar-refractivity contribution >= 4 is 11.0 Å². The molecule has 1 aromatic heterocycles. The minimum Gasteiger partial charge on any atom is -0.508 e. The number of ether oxygens (including phenoxy) is 2. The molecule has 0 spiro atoms. The minimum absolute atomic E-state index is 0.0459. The average Bonchev–Trinajstić information content (AvgIpc) is 2.72. The highest BCUT2D eigenvalue weighted by Gasteiger charge is 2.24. The molecule has 3 rings (SSSR count). The lowest BCUT2D eigenvalue weighted by molar-refractivity contribution is 0.230. The van der Waals surface area contributed by atoms with Gasteiger partial charge in [-0.3, -0.25) is 4.79 Å². The fourth-order valence-electron chi connectivity index (χ4n) is 3.28. The van der Waals surface area contributed by atoms with Crippen LogP contribution in [0.15, 0.2) is 33.5 Å². The predicted octanol–water partition coefficient (Wildman–Crippen LogP) is 3.16. The maximum absolute atomic E-state index is 13.0. The maximum Gasteiger partial charge on any atom is 0.239 e. The van der Waals surface area contributed by atoms with Crippen LogP contribution in [0.5, 0.6) is 28.7 Å². The van der Waals surface area contributed by atoms with Crippen molar-refractivity contribution in [1.82, 2.24) is 0 Å². The van der Waals surface area contributed by atoms with Crippen molar-refractivity contribution in [3.8, 4) is 40.1 Å². The molecule has 1 atom stereocenters. The third-order valence-electron chi connectivity index (χ3n) is 5.02. The number of aryl methyl sites for hydroxylation is 1. The van der Waals surface area contributed by atoms with Gasteiger partial charge in [0.2, 0.25) is 16.9 Å². The van der Waals surface area contributed by atoms with Gasteiger partial charge >= 0.3 is 0 Å². The molecule has 0 radical (unpaired) electrons. The van der Waals surface area contributed by atoms with E-state index < -0.39 is 11.2 Å². The molecule has 0 aliphatic rings. The summed E-state index contributed by atoms with van der Waals surface area (Å²) < 4.78 is 16.0. The lowest BCUT2D eigenvalue weighted by Crippen LogP contribution is -2.08. The van der Waals surface area contributed by atoms with Gasteiger partial charge in [-0.05, 0) is 42.5 Å². The van der Waals surface area contributed by atoms with Crippen LogP contribution in [-0.2, 0) is 6.42 Å². The fourth-order valence-corrected chi connectivity index (χ4v) is 3.28. The van der Waals surface area contributed by atoms with Crippen LogP contribution in [0.4, 0.5) is 0 Å². The molecular weight excluding hydrogens is 392 g/mol. The van der Waals surface area contributed by atoms with Crippen molar-refractivity contribution in [2.24, 2.45) is 5.92 Å². The van der Waals surface area contributed by atoms with Gasteiger partial charge < -0.3 is 34.3 Å². The monoisotopic (exact) mass is 416 g/mol. The van der Waals surface area contributed by atoms with Gasteiger partial charge in [0.05, 0.1) is 14.2 Å². The van der Waals surface area contributed by atoms with Crippen molar-refractivity contribution in [2.75, 3.05) is 20.8 Å². The molecule has 8 heteroatoms. The van der Waals surface area contributed by atoms with E-state index in [4.69, 9.17) is 13.9 Å². The van der Waals surface area contributed by atoms with E-state index in [0.717, 1.165) is 0 Å². The number of rotatable bonds is 7. The second-order valence-electron chi connectivity index (χ2n) is 7.11. The number of phenolic OH excluding ortho intramolecular Hbond substituents is 3. The number of hydrogen-bond donors (Lipinski definition) is 4. The number of aromatic hydroxyl groups is 3. The summed E-state index contributed by atoms with van der Waals surface area (Å²) in [7, 11) is 2.56. The Kier molecular flexibility index (Phi) is 6.07. The normalized spacial score (nSPS) is 12.1. The average molecular weight is 416 g/mol. The zero-order valence-corrected chi connectivity index (χ0v) is 16.9. The first kappa shape index (κ1) is 21.3. The lowest BCUT2D eigenvalue weighted by Gasteiger charge is -2.14. The highest BCUT2D eigenvalue weighted by Crippen LogP contribution is 2.43. The summed E-state index contributed by atoms with van der Waals surface area (Å²) in [4.78, 5) is 13.0. The summed E-state index contributed by atoms with van der Waals surface area (Å²) in [6.07, 6.45) is 1.17. The van der Waals surface area contributed by atoms with Gasteiger partial charge in [-0.15, -0.1) is 0 Å².